The van der Waals surface area contributed by atoms with E-state index in [4.69, 9.17) is 5.11 Å². The lowest BCUT2D eigenvalue weighted by atomic mass is 10.2. The molecule has 3 N–H and O–H groups in total. The zero-order valence-corrected chi connectivity index (χ0v) is 8.88. The third kappa shape index (κ3) is 5.53. The minimum atomic E-state index is -4.46. The van der Waals surface area contributed by atoms with E-state index < -0.39 is 37.2 Å². The number of nitrogens with one attached hydrogen (secondary N) is 2. The van der Waals surface area contributed by atoms with E-state index in [0.29, 0.717) is 0 Å². The molecule has 8 heteroatoms. The Morgan fingerprint density at radius 1 is 1.35 bits per heavy atom. The average molecular weight is 254 g/mol. The molecule has 0 heterocycles. The van der Waals surface area contributed by atoms with Gasteiger partial charge in [-0.3, -0.25) is 14.9 Å². The van der Waals surface area contributed by atoms with Crippen LogP contribution in [0.1, 0.15) is 12.8 Å². The molecule has 0 aliphatic heterocycles. The molecule has 0 bridgehead atoms. The van der Waals surface area contributed by atoms with Gasteiger partial charge < -0.3 is 10.4 Å². The molecule has 1 amide bonds. The molecule has 0 radical (unpaired) electrons. The number of carbonyl (C=O) groups is 2. The van der Waals surface area contributed by atoms with Crippen molar-refractivity contribution in [3.63, 3.8) is 0 Å². The highest BCUT2D eigenvalue weighted by Crippen LogP contribution is 2.32. The predicted molar refractivity (Wildman–Crippen MR) is 51.2 cm³/mol. The molecule has 0 aromatic heterocycles. The van der Waals surface area contributed by atoms with Crippen molar-refractivity contribution in [3.05, 3.63) is 0 Å². The number of carboxylic acids is 1. The van der Waals surface area contributed by atoms with E-state index in [1.54, 1.807) is 5.32 Å². The van der Waals surface area contributed by atoms with Crippen LogP contribution in [0.3, 0.4) is 0 Å². The summed E-state index contributed by atoms with van der Waals surface area (Å²) in [7, 11) is 0. The highest BCUT2D eigenvalue weighted by molar-refractivity contribution is 5.80. The molecule has 0 spiro atoms. The summed E-state index contributed by atoms with van der Waals surface area (Å²) in [5.74, 6) is -1.98. The number of alkyl halides is 3. The highest BCUT2D eigenvalue weighted by Gasteiger charge is 2.36. The summed E-state index contributed by atoms with van der Waals surface area (Å²) in [4.78, 5) is 21.7. The molecule has 17 heavy (non-hydrogen) atoms. The third-order valence-corrected chi connectivity index (χ3v) is 2.33. The van der Waals surface area contributed by atoms with Crippen LogP contribution in [0.25, 0.3) is 0 Å². The Bertz CT molecular complexity index is 302. The number of carbonyl (C=O) groups excluding carboxylic acids is 1. The minimum Gasteiger partial charge on any atom is -0.480 e. The maximum absolute atomic E-state index is 11.8. The van der Waals surface area contributed by atoms with Crippen molar-refractivity contribution < 1.29 is 27.9 Å². The summed E-state index contributed by atoms with van der Waals surface area (Å²) >= 11 is 0. The lowest BCUT2D eigenvalue weighted by molar-refractivity contribution is -0.141. The Hall–Kier alpha value is -1.31. The van der Waals surface area contributed by atoms with E-state index in [9.17, 15) is 22.8 Å². The first kappa shape index (κ1) is 13.8. The van der Waals surface area contributed by atoms with E-state index in [0.717, 1.165) is 12.8 Å². The van der Waals surface area contributed by atoms with Crippen LogP contribution >= 0.6 is 0 Å². The number of halogens is 3. The smallest absolute Gasteiger partial charge is 0.405 e. The zero-order chi connectivity index (χ0) is 13.1. The van der Waals surface area contributed by atoms with Crippen molar-refractivity contribution in [1.29, 1.82) is 0 Å². The Kier molecular flexibility index (Phi) is 4.33. The summed E-state index contributed by atoms with van der Waals surface area (Å²) in [6.45, 7) is -1.84. The maximum atomic E-state index is 11.8. The SMILES string of the molecule is O=C(CNC(C(=O)O)C1CC1)NCC(F)(F)F. The van der Waals surface area contributed by atoms with E-state index in [1.165, 1.54) is 0 Å². The van der Waals surface area contributed by atoms with Gasteiger partial charge in [-0.1, -0.05) is 0 Å². The van der Waals surface area contributed by atoms with Crippen molar-refractivity contribution in [3.8, 4) is 0 Å². The first-order chi connectivity index (χ1) is 7.79. The monoisotopic (exact) mass is 254 g/mol. The molecule has 1 saturated carbocycles. The summed E-state index contributed by atoms with van der Waals surface area (Å²) in [5.41, 5.74) is 0. The van der Waals surface area contributed by atoms with Crippen molar-refractivity contribution in [2.75, 3.05) is 13.1 Å². The van der Waals surface area contributed by atoms with Gasteiger partial charge in [-0.05, 0) is 18.8 Å². The summed E-state index contributed by atoms with van der Waals surface area (Å²) in [5, 5.41) is 12.9. The Morgan fingerprint density at radius 3 is 2.35 bits per heavy atom. The van der Waals surface area contributed by atoms with Gasteiger partial charge in [0.25, 0.3) is 0 Å². The molecule has 1 unspecified atom stereocenters. The van der Waals surface area contributed by atoms with Crippen LogP contribution in [-0.2, 0) is 9.59 Å². The molecular weight excluding hydrogens is 241 g/mol. The fourth-order valence-corrected chi connectivity index (χ4v) is 1.35. The fraction of sp³-hybridized carbons (Fsp3) is 0.778. The van der Waals surface area contributed by atoms with Gasteiger partial charge >= 0.3 is 12.1 Å². The molecule has 0 aromatic rings. The highest BCUT2D eigenvalue weighted by atomic mass is 19.4. The lowest BCUT2D eigenvalue weighted by Crippen LogP contribution is -2.45. The Balaban J connectivity index is 2.24. The Labute approximate surface area is 95.4 Å². The topological polar surface area (TPSA) is 78.4 Å². The third-order valence-electron chi connectivity index (χ3n) is 2.33. The molecule has 1 rings (SSSR count). The second kappa shape index (κ2) is 5.35. The van der Waals surface area contributed by atoms with Gasteiger partial charge in [0.05, 0.1) is 6.54 Å². The molecule has 0 saturated heterocycles. The fourth-order valence-electron chi connectivity index (χ4n) is 1.35. The van der Waals surface area contributed by atoms with Gasteiger partial charge in [-0.25, -0.2) is 0 Å². The number of carboxylic acid groups (broad SMARTS) is 1. The summed E-state index contributed by atoms with van der Waals surface area (Å²) in [6, 6.07) is -0.855. The second-order valence-corrected chi connectivity index (χ2v) is 3.93. The van der Waals surface area contributed by atoms with Gasteiger partial charge in [0, 0.05) is 0 Å². The molecule has 1 aliphatic carbocycles. The lowest BCUT2D eigenvalue weighted by Gasteiger charge is -2.13. The molecule has 0 aromatic carbocycles. The van der Waals surface area contributed by atoms with Gasteiger partial charge in [-0.2, -0.15) is 13.2 Å². The normalized spacial score (nSPS) is 17.6. The first-order valence-electron chi connectivity index (χ1n) is 5.09. The maximum Gasteiger partial charge on any atom is 0.405 e. The first-order valence-corrected chi connectivity index (χ1v) is 5.09. The minimum absolute atomic E-state index is 0.0251. The van der Waals surface area contributed by atoms with Crippen LogP contribution in [0.5, 0.6) is 0 Å². The number of aliphatic carboxylic acids is 1. The van der Waals surface area contributed by atoms with Crippen molar-refractivity contribution in [2.24, 2.45) is 5.92 Å². The van der Waals surface area contributed by atoms with Crippen molar-refractivity contribution >= 4 is 11.9 Å². The molecule has 1 atom stereocenters. The van der Waals surface area contributed by atoms with Crippen LogP contribution in [0.2, 0.25) is 0 Å². The summed E-state index contributed by atoms with van der Waals surface area (Å²) in [6.07, 6.45) is -2.94. The molecule has 98 valence electrons. The molecular formula is C9H13F3N2O3. The molecule has 1 fully saturated rings. The summed E-state index contributed by atoms with van der Waals surface area (Å²) < 4.78 is 35.3. The van der Waals surface area contributed by atoms with E-state index in [-0.39, 0.29) is 5.92 Å². The van der Waals surface area contributed by atoms with Gasteiger partial charge in [-0.15, -0.1) is 0 Å². The number of amides is 1. The van der Waals surface area contributed by atoms with Crippen LogP contribution in [0.4, 0.5) is 13.2 Å². The number of rotatable bonds is 6. The van der Waals surface area contributed by atoms with E-state index in [2.05, 4.69) is 5.32 Å². The van der Waals surface area contributed by atoms with E-state index in [1.807, 2.05) is 0 Å². The van der Waals surface area contributed by atoms with Crippen molar-refractivity contribution in [1.82, 2.24) is 10.6 Å². The van der Waals surface area contributed by atoms with Crippen LogP contribution in [0.15, 0.2) is 0 Å². The van der Waals surface area contributed by atoms with Crippen LogP contribution in [-0.4, -0.2) is 42.3 Å². The number of hydrogen-bond acceptors (Lipinski definition) is 3. The van der Waals surface area contributed by atoms with E-state index >= 15 is 0 Å². The molecule has 5 nitrogen and oxygen atoms in total. The zero-order valence-electron chi connectivity index (χ0n) is 8.88. The average Bonchev–Trinajstić information content (AvgIpc) is 2.97. The van der Waals surface area contributed by atoms with Gasteiger partial charge in [0.15, 0.2) is 0 Å². The van der Waals surface area contributed by atoms with Gasteiger partial charge in [0.1, 0.15) is 12.6 Å². The van der Waals surface area contributed by atoms with Gasteiger partial charge in [0.2, 0.25) is 5.91 Å². The standard InChI is InChI=1S/C9H13F3N2O3/c10-9(11,12)4-14-6(15)3-13-7(8(16)17)5-1-2-5/h5,7,13H,1-4H2,(H,14,15)(H,16,17). The quantitative estimate of drug-likeness (QED) is 0.629. The predicted octanol–water partition coefficient (Wildman–Crippen LogP) is 0.118. The van der Waals surface area contributed by atoms with Crippen LogP contribution < -0.4 is 10.6 Å². The van der Waals surface area contributed by atoms with Crippen LogP contribution in [0, 0.1) is 5.92 Å². The molecule has 1 aliphatic rings. The number of hydrogen-bond donors (Lipinski definition) is 3. The second-order valence-electron chi connectivity index (χ2n) is 3.93. The largest absolute Gasteiger partial charge is 0.480 e. The Morgan fingerprint density at radius 2 is 1.94 bits per heavy atom. The van der Waals surface area contributed by atoms with Crippen molar-refractivity contribution in [2.45, 2.75) is 25.1 Å².